The van der Waals surface area contributed by atoms with Crippen molar-refractivity contribution in [2.45, 2.75) is 30.6 Å². The number of rotatable bonds is 7. The molecule has 1 saturated heterocycles. The quantitative estimate of drug-likeness (QED) is 0.224. The van der Waals surface area contributed by atoms with Crippen molar-refractivity contribution >= 4 is 57.6 Å². The summed E-state index contributed by atoms with van der Waals surface area (Å²) in [6.45, 7) is 2.81. The topological polar surface area (TPSA) is 130 Å². The molecule has 1 aliphatic rings. The SMILES string of the molecule is Cc1ccc2c(NC(=O)C(Cl)Cl)cccc2c1Oc1ncccc1-c1ccnc(NC2CCCN(C(=O)O)C2)n1. The summed E-state index contributed by atoms with van der Waals surface area (Å²) >= 11 is 11.5. The summed E-state index contributed by atoms with van der Waals surface area (Å²) in [5, 5.41) is 16.9. The number of benzene rings is 2. The van der Waals surface area contributed by atoms with Gasteiger partial charge < -0.3 is 25.4 Å². The Morgan fingerprint density at radius 1 is 1.07 bits per heavy atom. The molecular weight excluding hydrogens is 555 g/mol. The van der Waals surface area contributed by atoms with Gasteiger partial charge in [-0.15, -0.1) is 0 Å². The van der Waals surface area contributed by atoms with Gasteiger partial charge in [0.25, 0.3) is 5.91 Å². The van der Waals surface area contributed by atoms with Crippen molar-refractivity contribution in [1.82, 2.24) is 19.9 Å². The number of amides is 2. The first-order chi connectivity index (χ1) is 19.3. The molecule has 2 aromatic heterocycles. The number of piperidine rings is 1. The Morgan fingerprint density at radius 3 is 2.73 bits per heavy atom. The van der Waals surface area contributed by atoms with E-state index in [1.165, 1.54) is 4.90 Å². The molecule has 2 aromatic carbocycles. The second kappa shape index (κ2) is 11.9. The van der Waals surface area contributed by atoms with Gasteiger partial charge in [0.1, 0.15) is 5.75 Å². The van der Waals surface area contributed by atoms with E-state index in [-0.39, 0.29) is 6.04 Å². The van der Waals surface area contributed by atoms with Gasteiger partial charge in [-0.2, -0.15) is 0 Å². The molecule has 10 nitrogen and oxygen atoms in total. The number of pyridine rings is 1. The average molecular weight is 581 g/mol. The summed E-state index contributed by atoms with van der Waals surface area (Å²) in [4.78, 5) is 37.2. The summed E-state index contributed by atoms with van der Waals surface area (Å²) in [6.07, 6.45) is 3.92. The fraction of sp³-hybridized carbons (Fsp3) is 0.250. The minimum Gasteiger partial charge on any atom is -0.465 e. The van der Waals surface area contributed by atoms with Crippen LogP contribution < -0.4 is 15.4 Å². The van der Waals surface area contributed by atoms with Crippen LogP contribution in [0.15, 0.2) is 60.9 Å². The molecule has 1 fully saturated rings. The van der Waals surface area contributed by atoms with Gasteiger partial charge in [-0.1, -0.05) is 47.5 Å². The number of nitrogens with zero attached hydrogens (tertiary/aromatic N) is 4. The Hall–Kier alpha value is -4.15. The van der Waals surface area contributed by atoms with Crippen molar-refractivity contribution < 1.29 is 19.4 Å². The van der Waals surface area contributed by atoms with Crippen LogP contribution in [-0.2, 0) is 4.79 Å². The number of anilines is 2. The molecule has 206 valence electrons. The molecule has 3 heterocycles. The number of likely N-dealkylation sites (tertiary alicyclic amines) is 1. The molecule has 12 heteroatoms. The average Bonchev–Trinajstić information content (AvgIpc) is 2.95. The number of aryl methyl sites for hydroxylation is 1. The van der Waals surface area contributed by atoms with Crippen LogP contribution in [-0.4, -0.2) is 60.9 Å². The predicted octanol–water partition coefficient (Wildman–Crippen LogP) is 6.09. The lowest BCUT2D eigenvalue weighted by Gasteiger charge is -2.31. The molecule has 0 radical (unpaired) electrons. The molecule has 0 bridgehead atoms. The Morgan fingerprint density at radius 2 is 1.93 bits per heavy atom. The maximum atomic E-state index is 12.1. The number of alkyl halides is 2. The van der Waals surface area contributed by atoms with Crippen molar-refractivity contribution in [3.8, 4) is 22.9 Å². The fourth-order valence-corrected chi connectivity index (χ4v) is 4.77. The number of carbonyl (C=O) groups excluding carboxylic acids is 1. The van der Waals surface area contributed by atoms with Crippen LogP contribution in [0.25, 0.3) is 22.0 Å². The third kappa shape index (κ3) is 6.03. The predicted molar refractivity (Wildman–Crippen MR) is 154 cm³/mol. The van der Waals surface area contributed by atoms with Gasteiger partial charge in [-0.25, -0.2) is 19.7 Å². The van der Waals surface area contributed by atoms with Crippen LogP contribution in [0, 0.1) is 6.92 Å². The van der Waals surface area contributed by atoms with Gasteiger partial charge in [0.15, 0.2) is 4.84 Å². The first-order valence-electron chi connectivity index (χ1n) is 12.6. The summed E-state index contributed by atoms with van der Waals surface area (Å²) in [6, 6.07) is 14.6. The molecular formula is C28H26Cl2N6O4. The van der Waals surface area contributed by atoms with E-state index in [1.54, 1.807) is 36.7 Å². The minimum absolute atomic E-state index is 0.0920. The fourth-order valence-electron chi connectivity index (χ4n) is 4.66. The van der Waals surface area contributed by atoms with Gasteiger partial charge in [0.2, 0.25) is 11.8 Å². The van der Waals surface area contributed by atoms with Crippen LogP contribution in [0.1, 0.15) is 18.4 Å². The minimum atomic E-state index is -1.20. The highest BCUT2D eigenvalue weighted by Gasteiger charge is 2.24. The maximum Gasteiger partial charge on any atom is 0.407 e. The number of halogens is 2. The summed E-state index contributed by atoms with van der Waals surface area (Å²) in [5.41, 5.74) is 2.66. The largest absolute Gasteiger partial charge is 0.465 e. The van der Waals surface area contributed by atoms with Crippen molar-refractivity contribution in [3.63, 3.8) is 0 Å². The second-order valence-electron chi connectivity index (χ2n) is 9.34. The Kier molecular flexibility index (Phi) is 8.18. The maximum absolute atomic E-state index is 12.1. The number of carbonyl (C=O) groups is 2. The number of hydrogen-bond acceptors (Lipinski definition) is 7. The number of fused-ring (bicyclic) bond motifs is 1. The van der Waals surface area contributed by atoms with Gasteiger partial charge in [0, 0.05) is 48.0 Å². The first-order valence-corrected chi connectivity index (χ1v) is 13.5. The zero-order valence-corrected chi connectivity index (χ0v) is 23.0. The van der Waals surface area contributed by atoms with Crippen molar-refractivity contribution in [2.24, 2.45) is 0 Å². The van der Waals surface area contributed by atoms with E-state index >= 15 is 0 Å². The lowest BCUT2D eigenvalue weighted by molar-refractivity contribution is -0.114. The Bertz CT molecular complexity index is 1570. The normalized spacial score (nSPS) is 15.2. The standard InChI is InChI=1S/C28H26Cl2N6O4/c1-16-9-10-18-19(6-2-8-21(18)34-25(37)24(29)30)23(16)40-26-20(7-3-12-31-26)22-11-13-32-27(35-22)33-17-5-4-14-36(15-17)28(38)39/h2-3,6-13,17,24H,4-5,14-15H2,1H3,(H,34,37)(H,38,39)(H,32,33,35). The Balaban J connectivity index is 1.45. The molecule has 3 N–H and O–H groups in total. The highest BCUT2D eigenvalue weighted by molar-refractivity contribution is 6.54. The molecule has 1 unspecified atom stereocenters. The van der Waals surface area contributed by atoms with E-state index in [0.29, 0.717) is 47.6 Å². The van der Waals surface area contributed by atoms with E-state index in [1.807, 2.05) is 31.2 Å². The monoisotopic (exact) mass is 580 g/mol. The van der Waals surface area contributed by atoms with Gasteiger partial charge >= 0.3 is 6.09 Å². The number of aromatic nitrogens is 3. The van der Waals surface area contributed by atoms with Gasteiger partial charge in [-0.05, 0) is 49.6 Å². The van der Waals surface area contributed by atoms with Crippen molar-refractivity contribution in [2.75, 3.05) is 23.7 Å². The van der Waals surface area contributed by atoms with Gasteiger partial charge in [-0.3, -0.25) is 4.79 Å². The molecule has 0 aliphatic carbocycles. The highest BCUT2D eigenvalue weighted by atomic mass is 35.5. The van der Waals surface area contributed by atoms with E-state index in [0.717, 1.165) is 29.2 Å². The molecule has 1 atom stereocenters. The molecule has 0 spiro atoms. The highest BCUT2D eigenvalue weighted by Crippen LogP contribution is 2.38. The summed E-state index contributed by atoms with van der Waals surface area (Å²) in [7, 11) is 0. The molecule has 4 aromatic rings. The van der Waals surface area contributed by atoms with Crippen LogP contribution in [0.2, 0.25) is 0 Å². The third-order valence-corrected chi connectivity index (χ3v) is 6.99. The van der Waals surface area contributed by atoms with Crippen molar-refractivity contribution in [3.05, 3.63) is 66.5 Å². The molecule has 0 saturated carbocycles. The number of carboxylic acid groups (broad SMARTS) is 1. The second-order valence-corrected chi connectivity index (χ2v) is 10.4. The Labute approximate surface area is 240 Å². The third-order valence-electron chi connectivity index (χ3n) is 6.59. The molecule has 5 rings (SSSR count). The van der Waals surface area contributed by atoms with Gasteiger partial charge in [0.05, 0.1) is 11.3 Å². The van der Waals surface area contributed by atoms with Crippen LogP contribution in [0.5, 0.6) is 11.6 Å². The van der Waals surface area contributed by atoms with Crippen molar-refractivity contribution in [1.29, 1.82) is 0 Å². The number of ether oxygens (including phenoxy) is 1. The smallest absolute Gasteiger partial charge is 0.407 e. The van der Waals surface area contributed by atoms with Crippen LogP contribution in [0.3, 0.4) is 0 Å². The van der Waals surface area contributed by atoms with Crippen LogP contribution in [0.4, 0.5) is 16.4 Å². The number of hydrogen-bond donors (Lipinski definition) is 3. The lowest BCUT2D eigenvalue weighted by atomic mass is 10.0. The number of nitrogens with one attached hydrogen (secondary N) is 2. The zero-order valence-electron chi connectivity index (χ0n) is 21.5. The van der Waals surface area contributed by atoms with E-state index in [2.05, 4.69) is 25.6 Å². The molecule has 2 amide bonds. The van der Waals surface area contributed by atoms with E-state index < -0.39 is 16.8 Å². The van der Waals surface area contributed by atoms with E-state index in [4.69, 9.17) is 27.9 Å². The van der Waals surface area contributed by atoms with Crippen LogP contribution >= 0.6 is 23.2 Å². The first kappa shape index (κ1) is 27.4. The zero-order chi connectivity index (χ0) is 28.2. The van der Waals surface area contributed by atoms with E-state index in [9.17, 15) is 14.7 Å². The molecule has 1 aliphatic heterocycles. The summed E-state index contributed by atoms with van der Waals surface area (Å²) < 4.78 is 6.42. The molecule has 40 heavy (non-hydrogen) atoms. The summed E-state index contributed by atoms with van der Waals surface area (Å²) in [5.74, 6) is 0.782. The lowest BCUT2D eigenvalue weighted by Crippen LogP contribution is -2.44.